The lowest BCUT2D eigenvalue weighted by Crippen LogP contribution is -2.34. The maximum Gasteiger partial charge on any atom is 0.262 e. The van der Waals surface area contributed by atoms with E-state index in [1.807, 2.05) is 61.6 Å². The summed E-state index contributed by atoms with van der Waals surface area (Å²) in [6.07, 6.45) is 2.27. The van der Waals surface area contributed by atoms with E-state index in [4.69, 9.17) is 0 Å². The van der Waals surface area contributed by atoms with Gasteiger partial charge in [0.1, 0.15) is 11.4 Å². The molecule has 0 aliphatic heterocycles. The molecule has 1 amide bonds. The number of nitrogens with one attached hydrogen (secondary N) is 1. The Morgan fingerprint density at radius 2 is 1.81 bits per heavy atom. The molecule has 0 fully saturated rings. The molecule has 2 heterocycles. The van der Waals surface area contributed by atoms with E-state index in [1.54, 1.807) is 0 Å². The lowest BCUT2D eigenvalue weighted by atomic mass is 10.2. The van der Waals surface area contributed by atoms with Crippen molar-refractivity contribution < 1.29 is 4.79 Å². The highest BCUT2D eigenvalue weighted by Crippen LogP contribution is 2.30. The summed E-state index contributed by atoms with van der Waals surface area (Å²) in [6, 6.07) is 21.9. The number of anilines is 1. The first-order chi connectivity index (χ1) is 15.1. The summed E-state index contributed by atoms with van der Waals surface area (Å²) >= 11 is 1.48. The third kappa shape index (κ3) is 5.00. The number of fused-ring (bicyclic) bond motifs is 1. The van der Waals surface area contributed by atoms with Crippen LogP contribution in [0.2, 0.25) is 0 Å². The molecule has 158 valence electrons. The van der Waals surface area contributed by atoms with Crippen molar-refractivity contribution in [3.05, 3.63) is 83.4 Å². The number of benzene rings is 2. The number of hydrogen-bond acceptors (Lipinski definition) is 5. The molecule has 0 spiro atoms. The Bertz CT molecular complexity index is 1220. The minimum Gasteiger partial charge on any atom is -0.375 e. The SMILES string of the molecule is CN(CCCNC(=O)Cn1cnc2sc(-c3ccccc3)cc2c1=O)c1ccccc1. The second kappa shape index (κ2) is 9.57. The monoisotopic (exact) mass is 432 g/mol. The standard InChI is InChI=1S/C24H24N4O2S/c1-27(19-11-6-3-7-12-19)14-8-13-25-22(29)16-28-17-26-23-20(24(28)30)15-21(31-23)18-9-4-2-5-10-18/h2-7,9-12,15,17H,8,13-14,16H2,1H3,(H,25,29). The summed E-state index contributed by atoms with van der Waals surface area (Å²) in [4.78, 5) is 33.4. The number of carbonyl (C=O) groups excluding carboxylic acids is 1. The predicted octanol–water partition coefficient (Wildman–Crippen LogP) is 3.77. The number of hydrogen-bond donors (Lipinski definition) is 1. The molecule has 0 unspecified atom stereocenters. The second-order valence-corrected chi connectivity index (χ2v) is 8.36. The number of thiophene rings is 1. The average Bonchev–Trinajstić information content (AvgIpc) is 3.25. The van der Waals surface area contributed by atoms with Crippen molar-refractivity contribution in [1.29, 1.82) is 0 Å². The van der Waals surface area contributed by atoms with Gasteiger partial charge in [-0.3, -0.25) is 14.2 Å². The van der Waals surface area contributed by atoms with E-state index >= 15 is 0 Å². The van der Waals surface area contributed by atoms with Crippen LogP contribution in [-0.2, 0) is 11.3 Å². The third-order valence-corrected chi connectivity index (χ3v) is 6.17. The van der Waals surface area contributed by atoms with Crippen LogP contribution < -0.4 is 15.8 Å². The molecule has 31 heavy (non-hydrogen) atoms. The fourth-order valence-electron chi connectivity index (χ4n) is 3.38. The van der Waals surface area contributed by atoms with Crippen LogP contribution in [0.4, 0.5) is 5.69 Å². The zero-order chi connectivity index (χ0) is 21.6. The second-order valence-electron chi connectivity index (χ2n) is 7.33. The van der Waals surface area contributed by atoms with Crippen molar-refractivity contribution >= 4 is 33.1 Å². The Balaban J connectivity index is 1.34. The molecule has 4 rings (SSSR count). The number of carbonyl (C=O) groups is 1. The summed E-state index contributed by atoms with van der Waals surface area (Å²) in [5.41, 5.74) is 2.00. The van der Waals surface area contributed by atoms with E-state index in [2.05, 4.69) is 27.3 Å². The smallest absolute Gasteiger partial charge is 0.262 e. The molecule has 6 nitrogen and oxygen atoms in total. The summed E-state index contributed by atoms with van der Waals surface area (Å²) < 4.78 is 1.37. The van der Waals surface area contributed by atoms with Gasteiger partial charge in [0.05, 0.1) is 11.7 Å². The molecule has 2 aromatic carbocycles. The number of nitrogens with zero attached hydrogens (tertiary/aromatic N) is 3. The van der Waals surface area contributed by atoms with Gasteiger partial charge in [-0.15, -0.1) is 11.3 Å². The van der Waals surface area contributed by atoms with Crippen LogP contribution in [0.3, 0.4) is 0 Å². The molecule has 0 aliphatic carbocycles. The first-order valence-corrected chi connectivity index (χ1v) is 11.0. The van der Waals surface area contributed by atoms with E-state index in [9.17, 15) is 9.59 Å². The molecule has 0 radical (unpaired) electrons. The third-order valence-electron chi connectivity index (χ3n) is 5.08. The van der Waals surface area contributed by atoms with Crippen LogP contribution in [0.1, 0.15) is 6.42 Å². The molecule has 7 heteroatoms. The minimum absolute atomic E-state index is 0.0349. The minimum atomic E-state index is -0.192. The van der Waals surface area contributed by atoms with Crippen LogP contribution in [-0.4, -0.2) is 35.6 Å². The first kappa shape index (κ1) is 20.8. The van der Waals surface area contributed by atoms with Gasteiger partial charge < -0.3 is 10.2 Å². The van der Waals surface area contributed by atoms with Gasteiger partial charge in [0.2, 0.25) is 5.91 Å². The molecule has 0 bridgehead atoms. The number of aromatic nitrogens is 2. The summed E-state index contributed by atoms with van der Waals surface area (Å²) in [7, 11) is 2.03. The van der Waals surface area contributed by atoms with Crippen molar-refractivity contribution in [2.24, 2.45) is 0 Å². The fourth-order valence-corrected chi connectivity index (χ4v) is 4.38. The Morgan fingerprint density at radius 3 is 2.55 bits per heavy atom. The molecular formula is C24H24N4O2S. The molecule has 0 saturated carbocycles. The zero-order valence-electron chi connectivity index (χ0n) is 17.3. The Labute approximate surface area is 184 Å². The van der Waals surface area contributed by atoms with Gasteiger partial charge in [0.15, 0.2) is 0 Å². The number of para-hydroxylation sites is 1. The van der Waals surface area contributed by atoms with Crippen molar-refractivity contribution in [3.8, 4) is 10.4 Å². The van der Waals surface area contributed by atoms with E-state index < -0.39 is 0 Å². The van der Waals surface area contributed by atoms with Crippen molar-refractivity contribution in [3.63, 3.8) is 0 Å². The summed E-state index contributed by atoms with van der Waals surface area (Å²) in [6.45, 7) is 1.35. The molecule has 0 aliphatic rings. The van der Waals surface area contributed by atoms with Crippen LogP contribution in [0.25, 0.3) is 20.7 Å². The van der Waals surface area contributed by atoms with Gasteiger partial charge in [-0.2, -0.15) is 0 Å². The van der Waals surface area contributed by atoms with Gasteiger partial charge >= 0.3 is 0 Å². The van der Waals surface area contributed by atoms with Gasteiger partial charge in [-0.1, -0.05) is 48.5 Å². The quantitative estimate of drug-likeness (QED) is 0.431. The van der Waals surface area contributed by atoms with Gasteiger partial charge in [0, 0.05) is 30.7 Å². The maximum atomic E-state index is 12.8. The number of amides is 1. The van der Waals surface area contributed by atoms with E-state index in [0.717, 1.165) is 29.1 Å². The molecule has 0 atom stereocenters. The average molecular weight is 433 g/mol. The van der Waals surface area contributed by atoms with Gasteiger partial charge in [-0.05, 0) is 30.2 Å². The molecule has 1 N–H and O–H groups in total. The van der Waals surface area contributed by atoms with E-state index in [-0.39, 0.29) is 18.0 Å². The van der Waals surface area contributed by atoms with Gasteiger partial charge in [-0.25, -0.2) is 4.98 Å². The Hall–Kier alpha value is -3.45. The Morgan fingerprint density at radius 1 is 1.10 bits per heavy atom. The lowest BCUT2D eigenvalue weighted by Gasteiger charge is -2.19. The van der Waals surface area contributed by atoms with Crippen LogP contribution >= 0.6 is 11.3 Å². The zero-order valence-corrected chi connectivity index (χ0v) is 18.1. The molecule has 4 aromatic rings. The molecular weight excluding hydrogens is 408 g/mol. The topological polar surface area (TPSA) is 67.2 Å². The van der Waals surface area contributed by atoms with Crippen LogP contribution in [0, 0.1) is 0 Å². The molecule has 0 saturated heterocycles. The lowest BCUT2D eigenvalue weighted by molar-refractivity contribution is -0.121. The van der Waals surface area contributed by atoms with Crippen LogP contribution in [0.15, 0.2) is 77.9 Å². The predicted molar refractivity (Wildman–Crippen MR) is 127 cm³/mol. The molecule has 2 aromatic heterocycles. The normalized spacial score (nSPS) is 10.9. The van der Waals surface area contributed by atoms with Crippen molar-refractivity contribution in [2.45, 2.75) is 13.0 Å². The van der Waals surface area contributed by atoms with Crippen molar-refractivity contribution in [2.75, 3.05) is 25.0 Å². The first-order valence-electron chi connectivity index (χ1n) is 10.2. The summed E-state index contributed by atoms with van der Waals surface area (Å²) in [5.74, 6) is -0.191. The van der Waals surface area contributed by atoms with E-state index in [0.29, 0.717) is 16.8 Å². The van der Waals surface area contributed by atoms with Crippen molar-refractivity contribution in [1.82, 2.24) is 14.9 Å². The fraction of sp³-hybridized carbons (Fsp3) is 0.208. The maximum absolute atomic E-state index is 12.8. The highest BCUT2D eigenvalue weighted by atomic mass is 32.1. The highest BCUT2D eigenvalue weighted by Gasteiger charge is 2.12. The number of rotatable bonds is 8. The highest BCUT2D eigenvalue weighted by molar-refractivity contribution is 7.21. The summed E-state index contributed by atoms with van der Waals surface area (Å²) in [5, 5.41) is 3.44. The van der Waals surface area contributed by atoms with Gasteiger partial charge in [0.25, 0.3) is 5.56 Å². The van der Waals surface area contributed by atoms with Crippen LogP contribution in [0.5, 0.6) is 0 Å². The largest absolute Gasteiger partial charge is 0.375 e. The Kier molecular flexibility index (Phi) is 6.43. The van der Waals surface area contributed by atoms with E-state index in [1.165, 1.54) is 22.2 Å².